The summed E-state index contributed by atoms with van der Waals surface area (Å²) in [6, 6.07) is 1.83. The lowest BCUT2D eigenvalue weighted by molar-refractivity contribution is 0.318. The van der Waals surface area contributed by atoms with Crippen molar-refractivity contribution in [3.05, 3.63) is 33.4 Å². The summed E-state index contributed by atoms with van der Waals surface area (Å²) in [6.45, 7) is 3.69. The van der Waals surface area contributed by atoms with Crippen LogP contribution in [-0.2, 0) is 7.05 Å². The number of pyridine rings is 1. The Morgan fingerprint density at radius 1 is 1.55 bits per heavy atom. The standard InChI is InChI=1S/C11H14N6O2S/c1-5-4-6(2)13-9(7(5)8(12)16-19)20-11-15-14-10(18)17(11)3/h4,19H,1-3H3,(H2,12,16)(H,14,18). The molecule has 0 atom stereocenters. The molecule has 0 aliphatic carbocycles. The predicted octanol–water partition coefficient (Wildman–Crippen LogP) is 0.366. The Balaban J connectivity index is 2.56. The third kappa shape index (κ3) is 2.52. The molecule has 8 nitrogen and oxygen atoms in total. The Kier molecular flexibility index (Phi) is 3.79. The molecule has 20 heavy (non-hydrogen) atoms. The van der Waals surface area contributed by atoms with E-state index in [1.54, 1.807) is 7.05 Å². The summed E-state index contributed by atoms with van der Waals surface area (Å²) >= 11 is 1.17. The van der Waals surface area contributed by atoms with Crippen molar-refractivity contribution in [3.63, 3.8) is 0 Å². The maximum Gasteiger partial charge on any atom is 0.343 e. The molecular weight excluding hydrogens is 280 g/mol. The van der Waals surface area contributed by atoms with Gasteiger partial charge in [0.2, 0.25) is 0 Å². The van der Waals surface area contributed by atoms with Gasteiger partial charge in [-0.1, -0.05) is 5.16 Å². The van der Waals surface area contributed by atoms with Crippen LogP contribution in [0.25, 0.3) is 0 Å². The van der Waals surface area contributed by atoms with Gasteiger partial charge in [0, 0.05) is 12.7 Å². The smallest absolute Gasteiger partial charge is 0.343 e. The van der Waals surface area contributed by atoms with Crippen LogP contribution in [0.4, 0.5) is 0 Å². The topological polar surface area (TPSA) is 122 Å². The molecule has 0 aliphatic rings. The van der Waals surface area contributed by atoms with Crippen LogP contribution < -0.4 is 11.4 Å². The number of nitrogens with one attached hydrogen (secondary N) is 1. The van der Waals surface area contributed by atoms with Crippen molar-refractivity contribution in [1.29, 1.82) is 0 Å². The average Bonchev–Trinajstić information content (AvgIpc) is 2.69. The molecule has 0 radical (unpaired) electrons. The summed E-state index contributed by atoms with van der Waals surface area (Å²) < 4.78 is 1.36. The Hall–Kier alpha value is -2.29. The molecule has 2 aromatic rings. The molecule has 2 heterocycles. The molecule has 0 aromatic carbocycles. The first-order valence-corrected chi connectivity index (χ1v) is 6.51. The Bertz CT molecular complexity index is 733. The summed E-state index contributed by atoms with van der Waals surface area (Å²) in [7, 11) is 1.60. The van der Waals surface area contributed by atoms with Gasteiger partial charge < -0.3 is 10.9 Å². The van der Waals surface area contributed by atoms with E-state index in [1.165, 1.54) is 16.3 Å². The molecule has 0 unspecified atom stereocenters. The molecular formula is C11H14N6O2S. The van der Waals surface area contributed by atoms with Gasteiger partial charge in [-0.2, -0.15) is 0 Å². The van der Waals surface area contributed by atoms with Gasteiger partial charge in [-0.15, -0.1) is 5.10 Å². The fraction of sp³-hybridized carbons (Fsp3) is 0.273. The van der Waals surface area contributed by atoms with Crippen molar-refractivity contribution >= 4 is 17.6 Å². The predicted molar refractivity (Wildman–Crippen MR) is 74.2 cm³/mol. The summed E-state index contributed by atoms with van der Waals surface area (Å²) in [4.78, 5) is 15.7. The monoisotopic (exact) mass is 294 g/mol. The number of nitrogens with two attached hydrogens (primary N) is 1. The molecule has 0 saturated heterocycles. The first-order valence-electron chi connectivity index (χ1n) is 5.69. The highest BCUT2D eigenvalue weighted by Crippen LogP contribution is 2.28. The van der Waals surface area contributed by atoms with Gasteiger partial charge >= 0.3 is 5.69 Å². The third-order valence-corrected chi connectivity index (χ3v) is 3.74. The van der Waals surface area contributed by atoms with Gasteiger partial charge in [0.15, 0.2) is 11.0 Å². The van der Waals surface area contributed by atoms with Crippen molar-refractivity contribution < 1.29 is 5.21 Å². The maximum absolute atomic E-state index is 11.4. The molecule has 106 valence electrons. The number of aromatic nitrogens is 4. The van der Waals surface area contributed by atoms with Crippen LogP contribution in [0, 0.1) is 13.8 Å². The largest absolute Gasteiger partial charge is 0.409 e. The highest BCUT2D eigenvalue weighted by molar-refractivity contribution is 7.99. The van der Waals surface area contributed by atoms with Crippen LogP contribution in [0.5, 0.6) is 0 Å². The quantitative estimate of drug-likeness (QED) is 0.325. The van der Waals surface area contributed by atoms with Gasteiger partial charge in [0.1, 0.15) is 5.03 Å². The van der Waals surface area contributed by atoms with Gasteiger partial charge in [-0.3, -0.25) is 4.57 Å². The number of hydrogen-bond acceptors (Lipinski definition) is 6. The lowest BCUT2D eigenvalue weighted by Gasteiger charge is -2.10. The molecule has 2 rings (SSSR count). The zero-order valence-corrected chi connectivity index (χ0v) is 12.0. The van der Waals surface area contributed by atoms with E-state index in [2.05, 4.69) is 20.3 Å². The van der Waals surface area contributed by atoms with E-state index >= 15 is 0 Å². The Labute approximate surface area is 118 Å². The first kappa shape index (κ1) is 14.1. The van der Waals surface area contributed by atoms with E-state index in [0.29, 0.717) is 15.7 Å². The van der Waals surface area contributed by atoms with Gasteiger partial charge in [0.05, 0.1) is 5.56 Å². The molecule has 0 bridgehead atoms. The molecule has 4 N–H and O–H groups in total. The van der Waals surface area contributed by atoms with Crippen LogP contribution in [0.15, 0.2) is 26.2 Å². The van der Waals surface area contributed by atoms with E-state index < -0.39 is 0 Å². The molecule has 0 saturated carbocycles. The van der Waals surface area contributed by atoms with E-state index in [1.807, 2.05) is 19.9 Å². The van der Waals surface area contributed by atoms with Crippen molar-refractivity contribution in [2.45, 2.75) is 24.0 Å². The average molecular weight is 294 g/mol. The van der Waals surface area contributed by atoms with Crippen molar-refractivity contribution in [2.24, 2.45) is 17.9 Å². The van der Waals surface area contributed by atoms with Crippen LogP contribution in [-0.4, -0.2) is 30.8 Å². The van der Waals surface area contributed by atoms with E-state index in [-0.39, 0.29) is 11.5 Å². The highest BCUT2D eigenvalue weighted by Gasteiger charge is 2.17. The highest BCUT2D eigenvalue weighted by atomic mass is 32.2. The van der Waals surface area contributed by atoms with Crippen LogP contribution >= 0.6 is 11.8 Å². The SMILES string of the molecule is Cc1cc(C)c(C(N)=NO)c(Sc2n[nH]c(=O)n2C)n1. The molecule has 2 aromatic heterocycles. The molecule has 0 aliphatic heterocycles. The van der Waals surface area contributed by atoms with Crippen molar-refractivity contribution in [3.8, 4) is 0 Å². The van der Waals surface area contributed by atoms with Gasteiger partial charge in [-0.25, -0.2) is 14.9 Å². The zero-order chi connectivity index (χ0) is 14.9. The second-order valence-corrected chi connectivity index (χ2v) is 5.17. The molecule has 0 fully saturated rings. The normalized spacial score (nSPS) is 11.8. The van der Waals surface area contributed by atoms with Gasteiger partial charge in [-0.05, 0) is 37.2 Å². The number of aromatic amines is 1. The molecule has 0 spiro atoms. The number of nitrogens with zero attached hydrogens (tertiary/aromatic N) is 4. The number of amidine groups is 1. The van der Waals surface area contributed by atoms with Crippen molar-refractivity contribution in [2.75, 3.05) is 0 Å². The number of H-pyrrole nitrogens is 1. The number of oxime groups is 1. The minimum absolute atomic E-state index is 0.0296. The fourth-order valence-corrected chi connectivity index (χ4v) is 2.79. The lowest BCUT2D eigenvalue weighted by Crippen LogP contribution is -2.17. The summed E-state index contributed by atoms with van der Waals surface area (Å²) in [5.41, 5.74) is 7.52. The summed E-state index contributed by atoms with van der Waals surface area (Å²) in [5, 5.41) is 19.1. The minimum Gasteiger partial charge on any atom is -0.409 e. The summed E-state index contributed by atoms with van der Waals surface area (Å²) in [5.74, 6) is -0.0296. The van der Waals surface area contributed by atoms with Crippen LogP contribution in [0.1, 0.15) is 16.8 Å². The number of hydrogen-bond donors (Lipinski definition) is 3. The van der Waals surface area contributed by atoms with Crippen molar-refractivity contribution in [1.82, 2.24) is 19.7 Å². The maximum atomic E-state index is 11.4. The Morgan fingerprint density at radius 2 is 2.25 bits per heavy atom. The third-order valence-electron chi connectivity index (χ3n) is 2.70. The second-order valence-electron chi connectivity index (χ2n) is 4.22. The Morgan fingerprint density at radius 3 is 2.80 bits per heavy atom. The fourth-order valence-electron chi connectivity index (χ4n) is 1.75. The zero-order valence-electron chi connectivity index (χ0n) is 11.2. The molecule has 0 amide bonds. The molecule has 9 heteroatoms. The minimum atomic E-state index is -0.317. The van der Waals surface area contributed by atoms with E-state index in [9.17, 15) is 4.79 Å². The van der Waals surface area contributed by atoms with Gasteiger partial charge in [0.25, 0.3) is 0 Å². The number of rotatable bonds is 3. The van der Waals surface area contributed by atoms with Crippen LogP contribution in [0.2, 0.25) is 0 Å². The second kappa shape index (κ2) is 5.37. The lowest BCUT2D eigenvalue weighted by atomic mass is 10.1. The summed E-state index contributed by atoms with van der Waals surface area (Å²) in [6.07, 6.45) is 0. The first-order chi connectivity index (χ1) is 9.43. The van der Waals surface area contributed by atoms with E-state index in [4.69, 9.17) is 10.9 Å². The number of aryl methyl sites for hydroxylation is 2. The van der Waals surface area contributed by atoms with Crippen LogP contribution in [0.3, 0.4) is 0 Å². The van der Waals surface area contributed by atoms with E-state index in [0.717, 1.165) is 11.3 Å².